The maximum Gasteiger partial charge on any atom is 0.261 e. The van der Waals surface area contributed by atoms with Gasteiger partial charge in [0.2, 0.25) is 0 Å². The van der Waals surface area contributed by atoms with Crippen LogP contribution in [0.3, 0.4) is 0 Å². The lowest BCUT2D eigenvalue weighted by Crippen LogP contribution is -2.28. The maximum atomic E-state index is 12.2. The first-order chi connectivity index (χ1) is 10.7. The molecule has 1 atom stereocenters. The predicted molar refractivity (Wildman–Crippen MR) is 90.6 cm³/mol. The number of nitrogens with one attached hydrogen (secondary N) is 2. The number of aryl methyl sites for hydroxylation is 1. The molecule has 2 heterocycles. The van der Waals surface area contributed by atoms with Crippen molar-refractivity contribution in [3.63, 3.8) is 0 Å². The van der Waals surface area contributed by atoms with E-state index in [9.17, 15) is 4.79 Å². The number of nitrogens with zero attached hydrogens (tertiary/aromatic N) is 1. The molecule has 0 fully saturated rings. The van der Waals surface area contributed by atoms with Gasteiger partial charge in [-0.2, -0.15) is 0 Å². The van der Waals surface area contributed by atoms with Crippen LogP contribution in [0.25, 0.3) is 0 Å². The summed E-state index contributed by atoms with van der Waals surface area (Å²) in [6.45, 7) is 3.58. The summed E-state index contributed by atoms with van der Waals surface area (Å²) in [6.07, 6.45) is 6.99. The zero-order valence-electron chi connectivity index (χ0n) is 12.8. The van der Waals surface area contributed by atoms with Crippen LogP contribution >= 0.6 is 11.3 Å². The highest BCUT2D eigenvalue weighted by Gasteiger charge is 2.20. The van der Waals surface area contributed by atoms with Crippen LogP contribution in [0.15, 0.2) is 30.6 Å². The number of carbonyl (C=O) groups excluding carboxylic acids is 1. The Kier molecular flexibility index (Phi) is 4.73. The van der Waals surface area contributed by atoms with Crippen molar-refractivity contribution in [1.29, 1.82) is 0 Å². The highest BCUT2D eigenvalue weighted by atomic mass is 32.1. The summed E-state index contributed by atoms with van der Waals surface area (Å²) >= 11 is 1.66. The van der Waals surface area contributed by atoms with Crippen molar-refractivity contribution in [3.05, 3.63) is 45.9 Å². The predicted octanol–water partition coefficient (Wildman–Crippen LogP) is 3.11. The number of carbonyl (C=O) groups is 1. The number of fused-ring (bicyclic) bond motifs is 1. The zero-order valence-corrected chi connectivity index (χ0v) is 13.6. The molecule has 0 aliphatic heterocycles. The van der Waals surface area contributed by atoms with Crippen LogP contribution in [0.1, 0.15) is 33.5 Å². The van der Waals surface area contributed by atoms with Crippen LogP contribution in [0.5, 0.6) is 0 Å². The van der Waals surface area contributed by atoms with Gasteiger partial charge in [-0.3, -0.25) is 9.78 Å². The second-order valence-corrected chi connectivity index (χ2v) is 6.97. The fraction of sp³-hybridized carbons (Fsp3) is 0.412. The van der Waals surface area contributed by atoms with Gasteiger partial charge in [-0.25, -0.2) is 0 Å². The van der Waals surface area contributed by atoms with E-state index < -0.39 is 0 Å². The van der Waals surface area contributed by atoms with Gasteiger partial charge in [-0.05, 0) is 48.9 Å². The third-order valence-corrected chi connectivity index (χ3v) is 5.19. The Labute approximate surface area is 135 Å². The minimum Gasteiger partial charge on any atom is -0.382 e. The Hall–Kier alpha value is -1.88. The van der Waals surface area contributed by atoms with E-state index in [2.05, 4.69) is 28.6 Å². The molecule has 4 nitrogen and oxygen atoms in total. The molecule has 0 saturated carbocycles. The number of aromatic nitrogens is 1. The molecule has 1 amide bonds. The molecule has 1 aliphatic carbocycles. The largest absolute Gasteiger partial charge is 0.382 e. The average Bonchev–Trinajstić information content (AvgIpc) is 2.95. The van der Waals surface area contributed by atoms with Crippen molar-refractivity contribution in [2.24, 2.45) is 5.92 Å². The van der Waals surface area contributed by atoms with E-state index in [0.717, 1.165) is 29.3 Å². The zero-order chi connectivity index (χ0) is 15.4. The van der Waals surface area contributed by atoms with Crippen LogP contribution in [-0.2, 0) is 12.8 Å². The van der Waals surface area contributed by atoms with E-state index in [-0.39, 0.29) is 5.91 Å². The molecule has 0 saturated heterocycles. The summed E-state index contributed by atoms with van der Waals surface area (Å²) in [7, 11) is 0. The van der Waals surface area contributed by atoms with Crippen molar-refractivity contribution < 1.29 is 4.79 Å². The van der Waals surface area contributed by atoms with E-state index >= 15 is 0 Å². The number of thiophene rings is 1. The topological polar surface area (TPSA) is 54.0 Å². The third kappa shape index (κ3) is 3.65. The van der Waals surface area contributed by atoms with Crippen molar-refractivity contribution in [1.82, 2.24) is 10.3 Å². The molecule has 0 bridgehead atoms. The van der Waals surface area contributed by atoms with Crippen LogP contribution < -0.4 is 10.6 Å². The fourth-order valence-electron chi connectivity index (χ4n) is 2.76. The van der Waals surface area contributed by atoms with Gasteiger partial charge in [0.05, 0.1) is 10.6 Å². The first-order valence-corrected chi connectivity index (χ1v) is 8.57. The fourth-order valence-corrected chi connectivity index (χ4v) is 3.88. The lowest BCUT2D eigenvalue weighted by molar-refractivity contribution is 0.0959. The van der Waals surface area contributed by atoms with Gasteiger partial charge in [0, 0.05) is 30.4 Å². The highest BCUT2D eigenvalue weighted by molar-refractivity contribution is 7.14. The molecule has 116 valence electrons. The summed E-state index contributed by atoms with van der Waals surface area (Å²) in [5, 5.41) is 6.21. The van der Waals surface area contributed by atoms with E-state index in [0.29, 0.717) is 13.1 Å². The number of hydrogen-bond donors (Lipinski definition) is 2. The van der Waals surface area contributed by atoms with E-state index in [1.54, 1.807) is 23.7 Å². The van der Waals surface area contributed by atoms with Gasteiger partial charge in [0.25, 0.3) is 5.91 Å². The minimum absolute atomic E-state index is 0.0417. The summed E-state index contributed by atoms with van der Waals surface area (Å²) in [5.41, 5.74) is 2.35. The molecule has 2 N–H and O–H groups in total. The molecule has 1 aliphatic rings. The number of anilines is 1. The minimum atomic E-state index is 0.0417. The highest BCUT2D eigenvalue weighted by Crippen LogP contribution is 2.32. The standard InChI is InChI=1S/C17H21N3OS/c1-12-4-5-15-13(9-12)10-16(22-15)17(21)20-8-7-19-14-3-2-6-18-11-14/h2-3,6,10-12,19H,4-5,7-9H2,1H3,(H,20,21). The Morgan fingerprint density at radius 2 is 2.36 bits per heavy atom. The molecular formula is C17H21N3OS. The van der Waals surface area contributed by atoms with Gasteiger partial charge in [0.1, 0.15) is 0 Å². The molecule has 2 aromatic heterocycles. The normalized spacial score (nSPS) is 16.9. The summed E-state index contributed by atoms with van der Waals surface area (Å²) in [6, 6.07) is 5.93. The van der Waals surface area contributed by atoms with Gasteiger partial charge in [-0.15, -0.1) is 11.3 Å². The SMILES string of the molecule is CC1CCc2sc(C(=O)NCCNc3cccnc3)cc2C1. The molecule has 0 aromatic carbocycles. The maximum absolute atomic E-state index is 12.2. The summed E-state index contributed by atoms with van der Waals surface area (Å²) in [4.78, 5) is 18.5. The quantitative estimate of drug-likeness (QED) is 0.834. The van der Waals surface area contributed by atoms with Crippen molar-refractivity contribution >= 4 is 22.9 Å². The number of amides is 1. The van der Waals surface area contributed by atoms with Crippen molar-refractivity contribution in [2.45, 2.75) is 26.2 Å². The van der Waals surface area contributed by atoms with E-state index in [4.69, 9.17) is 0 Å². The Bertz CT molecular complexity index is 639. The van der Waals surface area contributed by atoms with Gasteiger partial charge in [0.15, 0.2) is 0 Å². The lowest BCUT2D eigenvalue weighted by atomic mass is 9.90. The first-order valence-electron chi connectivity index (χ1n) is 7.76. The van der Waals surface area contributed by atoms with Gasteiger partial charge < -0.3 is 10.6 Å². The van der Waals surface area contributed by atoms with Gasteiger partial charge in [-0.1, -0.05) is 6.92 Å². The van der Waals surface area contributed by atoms with E-state index in [1.165, 1.54) is 16.9 Å². The molecule has 0 spiro atoms. The molecule has 3 rings (SSSR count). The number of pyridine rings is 1. The molecule has 22 heavy (non-hydrogen) atoms. The van der Waals surface area contributed by atoms with Crippen LogP contribution in [-0.4, -0.2) is 24.0 Å². The molecule has 2 aromatic rings. The van der Waals surface area contributed by atoms with Crippen LogP contribution in [0.2, 0.25) is 0 Å². The molecule has 0 radical (unpaired) electrons. The Morgan fingerprint density at radius 1 is 1.45 bits per heavy atom. The Balaban J connectivity index is 1.48. The second kappa shape index (κ2) is 6.92. The van der Waals surface area contributed by atoms with Crippen molar-refractivity contribution in [2.75, 3.05) is 18.4 Å². The number of hydrogen-bond acceptors (Lipinski definition) is 4. The summed E-state index contributed by atoms with van der Waals surface area (Å²) < 4.78 is 0. The van der Waals surface area contributed by atoms with Gasteiger partial charge >= 0.3 is 0 Å². The average molecular weight is 315 g/mol. The molecule has 1 unspecified atom stereocenters. The second-order valence-electron chi connectivity index (χ2n) is 5.83. The third-order valence-electron chi connectivity index (χ3n) is 3.95. The van der Waals surface area contributed by atoms with E-state index in [1.807, 2.05) is 12.1 Å². The lowest BCUT2D eigenvalue weighted by Gasteiger charge is -2.16. The van der Waals surface area contributed by atoms with Crippen LogP contribution in [0.4, 0.5) is 5.69 Å². The smallest absolute Gasteiger partial charge is 0.261 e. The molecule has 5 heteroatoms. The monoisotopic (exact) mass is 315 g/mol. The summed E-state index contributed by atoms with van der Waals surface area (Å²) in [5.74, 6) is 0.779. The van der Waals surface area contributed by atoms with Crippen molar-refractivity contribution in [3.8, 4) is 0 Å². The molecular weight excluding hydrogens is 294 g/mol. The number of rotatable bonds is 5. The Morgan fingerprint density at radius 3 is 3.18 bits per heavy atom. The van der Waals surface area contributed by atoms with Crippen LogP contribution in [0, 0.1) is 5.92 Å². The first kappa shape index (κ1) is 15.0.